The Morgan fingerprint density at radius 3 is 2.05 bits per heavy atom. The predicted octanol–water partition coefficient (Wildman–Crippen LogP) is 2.89. The standard InChI is InChI=1S/C18H16ClNO2/c19-10-3-1-9(2-4-10)8-20-17(21)15-11-5-6-12(14-7-13(11)14)16(15)18(20)22/h1-6,11-16H,7-8H2/t11-,12-,13-,14-,15-,16+/m0/s1. The molecule has 1 saturated heterocycles. The van der Waals surface area contributed by atoms with E-state index < -0.39 is 0 Å². The minimum atomic E-state index is -0.0986. The van der Waals surface area contributed by atoms with Crippen molar-refractivity contribution in [1.82, 2.24) is 4.90 Å². The summed E-state index contributed by atoms with van der Waals surface area (Å²) in [4.78, 5) is 27.1. The van der Waals surface area contributed by atoms with E-state index in [9.17, 15) is 9.59 Å². The van der Waals surface area contributed by atoms with Crippen LogP contribution in [0.25, 0.3) is 0 Å². The molecule has 6 atom stereocenters. The van der Waals surface area contributed by atoms with Crippen molar-refractivity contribution in [3.63, 3.8) is 0 Å². The highest BCUT2D eigenvalue weighted by Crippen LogP contribution is 2.65. The summed E-state index contributed by atoms with van der Waals surface area (Å²) in [5, 5.41) is 0.666. The molecule has 0 N–H and O–H groups in total. The summed E-state index contributed by atoms with van der Waals surface area (Å²) in [6, 6.07) is 7.37. The minimum absolute atomic E-state index is 0.0367. The lowest BCUT2D eigenvalue weighted by Gasteiger charge is -2.37. The molecule has 0 aromatic heterocycles. The molecule has 2 saturated carbocycles. The van der Waals surface area contributed by atoms with Crippen molar-refractivity contribution in [2.24, 2.45) is 35.5 Å². The molecule has 2 bridgehead atoms. The van der Waals surface area contributed by atoms with Gasteiger partial charge in [-0.1, -0.05) is 35.9 Å². The van der Waals surface area contributed by atoms with Crippen LogP contribution in [0, 0.1) is 35.5 Å². The van der Waals surface area contributed by atoms with Crippen LogP contribution in [0.5, 0.6) is 0 Å². The van der Waals surface area contributed by atoms with Crippen LogP contribution in [-0.2, 0) is 16.1 Å². The maximum absolute atomic E-state index is 12.8. The van der Waals surface area contributed by atoms with E-state index >= 15 is 0 Å². The van der Waals surface area contributed by atoms with Gasteiger partial charge in [-0.05, 0) is 47.8 Å². The Morgan fingerprint density at radius 2 is 1.50 bits per heavy atom. The van der Waals surface area contributed by atoms with Gasteiger partial charge >= 0.3 is 0 Å². The van der Waals surface area contributed by atoms with E-state index in [1.165, 1.54) is 11.3 Å². The molecule has 4 heteroatoms. The van der Waals surface area contributed by atoms with Crippen molar-refractivity contribution in [2.75, 3.05) is 0 Å². The summed E-state index contributed by atoms with van der Waals surface area (Å²) >= 11 is 5.90. The molecule has 2 amide bonds. The number of imide groups is 1. The zero-order valence-corrected chi connectivity index (χ0v) is 12.7. The van der Waals surface area contributed by atoms with Gasteiger partial charge in [0.15, 0.2) is 0 Å². The average molecular weight is 314 g/mol. The van der Waals surface area contributed by atoms with Crippen molar-refractivity contribution in [1.29, 1.82) is 0 Å². The van der Waals surface area contributed by atoms with Crippen LogP contribution in [0.1, 0.15) is 12.0 Å². The second-order valence-electron chi connectivity index (χ2n) is 7.04. The van der Waals surface area contributed by atoms with Crippen LogP contribution in [-0.4, -0.2) is 16.7 Å². The zero-order chi connectivity index (χ0) is 15.0. The number of amides is 2. The zero-order valence-electron chi connectivity index (χ0n) is 12.0. The fourth-order valence-electron chi connectivity index (χ4n) is 4.95. The van der Waals surface area contributed by atoms with Gasteiger partial charge < -0.3 is 0 Å². The first-order valence-corrected chi connectivity index (χ1v) is 8.31. The number of likely N-dealkylation sites (tertiary alicyclic amines) is 1. The molecule has 112 valence electrons. The molecule has 0 spiro atoms. The van der Waals surface area contributed by atoms with Crippen LogP contribution < -0.4 is 0 Å². The summed E-state index contributed by atoms with van der Waals surface area (Å²) in [7, 11) is 0. The molecule has 4 aliphatic carbocycles. The quantitative estimate of drug-likeness (QED) is 0.622. The summed E-state index contributed by atoms with van der Waals surface area (Å²) < 4.78 is 0. The fraction of sp³-hybridized carbons (Fsp3) is 0.444. The Balaban J connectivity index is 1.46. The number of benzene rings is 1. The lowest BCUT2D eigenvalue weighted by molar-refractivity contribution is -0.140. The number of nitrogens with zero attached hydrogens (tertiary/aromatic N) is 1. The largest absolute Gasteiger partial charge is 0.278 e. The number of hydrogen-bond donors (Lipinski definition) is 0. The SMILES string of the molecule is O=C1[C@@H]2[C@H]3C=C[C@@H]([C@@H]4C[C@@H]34)[C@@H]2C(=O)N1Cc1ccc(Cl)cc1. The molecule has 5 aliphatic rings. The van der Waals surface area contributed by atoms with Crippen molar-refractivity contribution in [3.8, 4) is 0 Å². The van der Waals surface area contributed by atoms with Gasteiger partial charge in [0.05, 0.1) is 18.4 Å². The third-order valence-electron chi connectivity index (χ3n) is 6.01. The van der Waals surface area contributed by atoms with Gasteiger partial charge in [0.25, 0.3) is 0 Å². The van der Waals surface area contributed by atoms with Crippen LogP contribution >= 0.6 is 11.6 Å². The lowest BCUT2D eigenvalue weighted by Crippen LogP contribution is -2.40. The van der Waals surface area contributed by atoms with E-state index in [2.05, 4.69) is 12.2 Å². The van der Waals surface area contributed by atoms with Gasteiger partial charge in [-0.2, -0.15) is 0 Å². The number of halogens is 1. The normalized spacial score (nSPS) is 40.9. The van der Waals surface area contributed by atoms with Crippen LogP contribution in [0.4, 0.5) is 0 Å². The Hall–Kier alpha value is -1.61. The van der Waals surface area contributed by atoms with E-state index in [1.54, 1.807) is 12.1 Å². The molecule has 1 aromatic rings. The lowest BCUT2D eigenvalue weighted by atomic mass is 9.63. The average Bonchev–Trinajstić information content (AvgIpc) is 3.30. The van der Waals surface area contributed by atoms with Gasteiger partial charge in [0.2, 0.25) is 11.8 Å². The molecule has 0 radical (unpaired) electrons. The predicted molar refractivity (Wildman–Crippen MR) is 81.7 cm³/mol. The molecule has 1 heterocycles. The number of rotatable bonds is 2. The first-order chi connectivity index (χ1) is 10.6. The van der Waals surface area contributed by atoms with E-state index in [4.69, 9.17) is 11.6 Å². The molecule has 1 aromatic carbocycles. The monoisotopic (exact) mass is 313 g/mol. The van der Waals surface area contributed by atoms with Crippen molar-refractivity contribution in [3.05, 3.63) is 47.0 Å². The molecule has 6 rings (SSSR count). The Labute approximate surface area is 133 Å². The van der Waals surface area contributed by atoms with Crippen molar-refractivity contribution in [2.45, 2.75) is 13.0 Å². The highest BCUT2D eigenvalue weighted by atomic mass is 35.5. The van der Waals surface area contributed by atoms with Crippen LogP contribution in [0.2, 0.25) is 5.02 Å². The smallest absolute Gasteiger partial charge is 0.234 e. The van der Waals surface area contributed by atoms with Gasteiger partial charge in [-0.15, -0.1) is 0 Å². The number of carbonyl (C=O) groups is 2. The second kappa shape index (κ2) is 4.23. The first-order valence-electron chi connectivity index (χ1n) is 7.93. The Kier molecular flexibility index (Phi) is 2.48. The number of allylic oxidation sites excluding steroid dienone is 2. The summed E-state index contributed by atoms with van der Waals surface area (Å²) in [5.74, 6) is 1.78. The van der Waals surface area contributed by atoms with E-state index in [1.807, 2.05) is 12.1 Å². The van der Waals surface area contributed by atoms with Gasteiger partial charge in [-0.3, -0.25) is 14.5 Å². The number of hydrogen-bond acceptors (Lipinski definition) is 2. The van der Waals surface area contributed by atoms with Crippen LogP contribution in [0.15, 0.2) is 36.4 Å². The summed E-state index contributed by atoms with van der Waals surface area (Å²) in [6.45, 7) is 0.372. The Morgan fingerprint density at radius 1 is 0.955 bits per heavy atom. The van der Waals surface area contributed by atoms with Crippen LogP contribution in [0.3, 0.4) is 0 Å². The van der Waals surface area contributed by atoms with E-state index in [-0.39, 0.29) is 23.7 Å². The summed E-state index contributed by atoms with van der Waals surface area (Å²) in [5.41, 5.74) is 0.954. The second-order valence-corrected chi connectivity index (χ2v) is 7.48. The minimum Gasteiger partial charge on any atom is -0.278 e. The van der Waals surface area contributed by atoms with Gasteiger partial charge in [0.1, 0.15) is 0 Å². The van der Waals surface area contributed by atoms with E-state index in [0.29, 0.717) is 35.2 Å². The highest BCUT2D eigenvalue weighted by Gasteiger charge is 2.66. The Bertz CT molecular complexity index is 674. The maximum Gasteiger partial charge on any atom is 0.234 e. The third-order valence-corrected chi connectivity index (χ3v) is 6.26. The first kappa shape index (κ1) is 12.9. The molecule has 1 aliphatic heterocycles. The van der Waals surface area contributed by atoms with Crippen molar-refractivity contribution < 1.29 is 9.59 Å². The topological polar surface area (TPSA) is 37.4 Å². The molecule has 22 heavy (non-hydrogen) atoms. The van der Waals surface area contributed by atoms with Crippen molar-refractivity contribution >= 4 is 23.4 Å². The fourth-order valence-corrected chi connectivity index (χ4v) is 5.07. The number of carbonyl (C=O) groups excluding carboxylic acids is 2. The molecular weight excluding hydrogens is 298 g/mol. The molecule has 3 nitrogen and oxygen atoms in total. The highest BCUT2D eigenvalue weighted by molar-refractivity contribution is 6.30. The molecular formula is C18H16ClNO2. The maximum atomic E-state index is 12.8. The third kappa shape index (κ3) is 1.58. The summed E-state index contributed by atoms with van der Waals surface area (Å²) in [6.07, 6.45) is 5.61. The molecule has 0 unspecified atom stereocenters. The molecule has 3 fully saturated rings. The van der Waals surface area contributed by atoms with Gasteiger partial charge in [-0.25, -0.2) is 0 Å². The van der Waals surface area contributed by atoms with E-state index in [0.717, 1.165) is 5.56 Å². The van der Waals surface area contributed by atoms with Gasteiger partial charge in [0, 0.05) is 5.02 Å².